The second-order valence-corrected chi connectivity index (χ2v) is 6.25. The van der Waals surface area contributed by atoms with Crippen molar-refractivity contribution in [3.8, 4) is 11.1 Å². The van der Waals surface area contributed by atoms with E-state index in [1.54, 1.807) is 0 Å². The molecule has 122 valence electrons. The molecule has 2 N–H and O–H groups in total. The first-order valence-electron chi connectivity index (χ1n) is 7.88. The first-order valence-corrected chi connectivity index (χ1v) is 8.26. The summed E-state index contributed by atoms with van der Waals surface area (Å²) in [6, 6.07) is 7.56. The van der Waals surface area contributed by atoms with E-state index in [0.29, 0.717) is 17.4 Å². The van der Waals surface area contributed by atoms with Crippen LogP contribution in [0.5, 0.6) is 0 Å². The molecule has 1 unspecified atom stereocenters. The van der Waals surface area contributed by atoms with Crippen LogP contribution in [0.25, 0.3) is 22.5 Å². The molecule has 0 spiro atoms. The average Bonchev–Trinajstić information content (AvgIpc) is 3.04. The molecular formula is C18H17ClN4O. The van der Waals surface area contributed by atoms with Crippen LogP contribution in [0.15, 0.2) is 36.5 Å². The minimum atomic E-state index is 0.179. The van der Waals surface area contributed by atoms with Crippen LogP contribution >= 0.6 is 11.6 Å². The maximum absolute atomic E-state index is 6.20. The average molecular weight is 341 g/mol. The molecule has 0 saturated carbocycles. The molecule has 1 atom stereocenters. The molecule has 6 heteroatoms. The molecule has 1 aliphatic rings. The van der Waals surface area contributed by atoms with Gasteiger partial charge in [0.1, 0.15) is 5.76 Å². The van der Waals surface area contributed by atoms with Gasteiger partial charge in [-0.25, -0.2) is 9.50 Å². The lowest BCUT2D eigenvalue weighted by molar-refractivity contribution is 0.298. The third-order valence-electron chi connectivity index (χ3n) is 4.22. The van der Waals surface area contributed by atoms with E-state index in [-0.39, 0.29) is 5.92 Å². The summed E-state index contributed by atoms with van der Waals surface area (Å²) < 4.78 is 7.54. The van der Waals surface area contributed by atoms with E-state index in [2.05, 4.69) is 23.1 Å². The number of hydrogen-bond donors (Lipinski definition) is 1. The zero-order valence-corrected chi connectivity index (χ0v) is 14.2. The molecule has 0 bridgehead atoms. The van der Waals surface area contributed by atoms with Gasteiger partial charge in [-0.1, -0.05) is 30.7 Å². The summed E-state index contributed by atoms with van der Waals surface area (Å²) >= 11 is 6.12. The van der Waals surface area contributed by atoms with Crippen molar-refractivity contribution in [2.24, 2.45) is 0 Å². The van der Waals surface area contributed by atoms with E-state index >= 15 is 0 Å². The van der Waals surface area contributed by atoms with Crippen LogP contribution in [-0.2, 0) is 4.74 Å². The Kier molecular flexibility index (Phi) is 3.46. The second-order valence-electron chi connectivity index (χ2n) is 5.82. The van der Waals surface area contributed by atoms with Crippen molar-refractivity contribution in [1.82, 2.24) is 14.6 Å². The van der Waals surface area contributed by atoms with Crippen molar-refractivity contribution in [1.29, 1.82) is 0 Å². The maximum atomic E-state index is 6.20. The summed E-state index contributed by atoms with van der Waals surface area (Å²) in [4.78, 5) is 4.60. The highest BCUT2D eigenvalue weighted by atomic mass is 35.5. The van der Waals surface area contributed by atoms with Crippen LogP contribution in [-0.4, -0.2) is 21.2 Å². The second kappa shape index (κ2) is 5.53. The minimum absolute atomic E-state index is 0.179. The van der Waals surface area contributed by atoms with Crippen LogP contribution < -0.4 is 5.73 Å². The highest BCUT2D eigenvalue weighted by Crippen LogP contribution is 2.39. The number of halogens is 1. The van der Waals surface area contributed by atoms with Gasteiger partial charge in [0.15, 0.2) is 11.5 Å². The van der Waals surface area contributed by atoms with E-state index in [1.807, 2.05) is 41.9 Å². The van der Waals surface area contributed by atoms with Gasteiger partial charge >= 0.3 is 0 Å². The lowest BCUT2D eigenvalue weighted by atomic mass is 10.1. The number of aromatic nitrogens is 3. The van der Waals surface area contributed by atoms with E-state index in [1.165, 1.54) is 0 Å². The number of benzene rings is 1. The maximum Gasteiger partial charge on any atom is 0.165 e. The summed E-state index contributed by atoms with van der Waals surface area (Å²) in [5.41, 5.74) is 10.7. The summed E-state index contributed by atoms with van der Waals surface area (Å²) in [6.45, 7) is 4.70. The number of nitrogen functional groups attached to an aromatic ring is 1. The molecule has 5 nitrogen and oxygen atoms in total. The van der Waals surface area contributed by atoms with Gasteiger partial charge in [-0.05, 0) is 30.7 Å². The smallest absolute Gasteiger partial charge is 0.165 e. The standard InChI is InChI=1S/C18H17ClN4O/c1-3-24-14-7-10(2)16-13(14)9-21-18-15(17(20)22-23(16)18)11-5-4-6-12(19)8-11/h4-10H,3H2,1-2H3,(H2,20,22). The van der Waals surface area contributed by atoms with Gasteiger partial charge in [-0.3, -0.25) is 0 Å². The van der Waals surface area contributed by atoms with Crippen LogP contribution in [0, 0.1) is 0 Å². The lowest BCUT2D eigenvalue weighted by Crippen LogP contribution is -2.04. The fraction of sp³-hybridized carbons (Fsp3) is 0.222. The fourth-order valence-electron chi connectivity index (χ4n) is 3.24. The molecule has 1 aromatic carbocycles. The van der Waals surface area contributed by atoms with Gasteiger partial charge in [0, 0.05) is 17.1 Å². The number of allylic oxidation sites excluding steroid dienone is 1. The van der Waals surface area contributed by atoms with Crippen molar-refractivity contribution >= 4 is 28.8 Å². The fourth-order valence-corrected chi connectivity index (χ4v) is 3.44. The lowest BCUT2D eigenvalue weighted by Gasteiger charge is -2.09. The summed E-state index contributed by atoms with van der Waals surface area (Å²) in [6.07, 6.45) is 3.93. The van der Waals surface area contributed by atoms with Gasteiger partial charge in [-0.2, -0.15) is 0 Å². The number of anilines is 1. The normalized spacial score (nSPS) is 16.3. The molecule has 2 aromatic heterocycles. The molecule has 3 aromatic rings. The van der Waals surface area contributed by atoms with Crippen molar-refractivity contribution in [3.63, 3.8) is 0 Å². The quantitative estimate of drug-likeness (QED) is 0.778. The Bertz CT molecular complexity index is 977. The molecule has 4 rings (SSSR count). The number of nitrogens with two attached hydrogens (primary N) is 1. The topological polar surface area (TPSA) is 65.4 Å². The zero-order chi connectivity index (χ0) is 16.8. The van der Waals surface area contributed by atoms with Gasteiger partial charge < -0.3 is 10.5 Å². The van der Waals surface area contributed by atoms with Gasteiger partial charge in [0.2, 0.25) is 0 Å². The third-order valence-corrected chi connectivity index (χ3v) is 4.45. The first kappa shape index (κ1) is 15.0. The van der Waals surface area contributed by atoms with Gasteiger partial charge in [-0.15, -0.1) is 5.10 Å². The summed E-state index contributed by atoms with van der Waals surface area (Å²) in [5.74, 6) is 1.47. The van der Waals surface area contributed by atoms with Crippen molar-refractivity contribution in [2.75, 3.05) is 12.3 Å². The number of nitrogens with zero attached hydrogens (tertiary/aromatic N) is 3. The number of ether oxygens (including phenoxy) is 1. The van der Waals surface area contributed by atoms with E-state index < -0.39 is 0 Å². The van der Waals surface area contributed by atoms with Crippen LogP contribution in [0.2, 0.25) is 5.02 Å². The summed E-state index contributed by atoms with van der Waals surface area (Å²) in [7, 11) is 0. The van der Waals surface area contributed by atoms with Crippen LogP contribution in [0.3, 0.4) is 0 Å². The van der Waals surface area contributed by atoms with Crippen LogP contribution in [0.4, 0.5) is 5.82 Å². The Morgan fingerprint density at radius 1 is 1.38 bits per heavy atom. The molecule has 24 heavy (non-hydrogen) atoms. The summed E-state index contributed by atoms with van der Waals surface area (Å²) in [5, 5.41) is 5.19. The van der Waals surface area contributed by atoms with Crippen molar-refractivity contribution in [3.05, 3.63) is 52.8 Å². The molecule has 0 radical (unpaired) electrons. The third kappa shape index (κ3) is 2.16. The molecule has 1 aliphatic carbocycles. The van der Waals surface area contributed by atoms with Crippen molar-refractivity contribution in [2.45, 2.75) is 19.8 Å². The molecule has 0 saturated heterocycles. The molecular weight excluding hydrogens is 324 g/mol. The Balaban J connectivity index is 1.95. The predicted octanol–water partition coefficient (Wildman–Crippen LogP) is 4.13. The minimum Gasteiger partial charge on any atom is -0.493 e. The monoisotopic (exact) mass is 340 g/mol. The van der Waals surface area contributed by atoms with Crippen LogP contribution in [0.1, 0.15) is 31.0 Å². The number of rotatable bonds is 3. The first-order chi connectivity index (χ1) is 11.6. The highest BCUT2D eigenvalue weighted by Gasteiger charge is 2.27. The Labute approximate surface area is 144 Å². The van der Waals surface area contributed by atoms with Gasteiger partial charge in [0.25, 0.3) is 0 Å². The molecule has 0 aliphatic heterocycles. The Morgan fingerprint density at radius 2 is 2.21 bits per heavy atom. The molecule has 2 heterocycles. The van der Waals surface area contributed by atoms with E-state index in [9.17, 15) is 0 Å². The molecule has 0 fully saturated rings. The predicted molar refractivity (Wildman–Crippen MR) is 95.9 cm³/mol. The Hall–Kier alpha value is -2.53. The highest BCUT2D eigenvalue weighted by molar-refractivity contribution is 6.30. The SMILES string of the molecule is CCOC1=CC(C)c2c1cnc1c(-c3cccc(Cl)c3)c(N)nn21. The largest absolute Gasteiger partial charge is 0.493 e. The number of fused-ring (bicyclic) bond motifs is 3. The van der Waals surface area contributed by atoms with Crippen molar-refractivity contribution < 1.29 is 4.74 Å². The van der Waals surface area contributed by atoms with E-state index in [4.69, 9.17) is 22.1 Å². The van der Waals surface area contributed by atoms with E-state index in [0.717, 1.165) is 33.8 Å². The number of hydrogen-bond acceptors (Lipinski definition) is 4. The van der Waals surface area contributed by atoms with Gasteiger partial charge in [0.05, 0.1) is 23.4 Å². The zero-order valence-electron chi connectivity index (χ0n) is 13.5. The Morgan fingerprint density at radius 3 is 2.96 bits per heavy atom. The molecule has 0 amide bonds.